The topological polar surface area (TPSA) is 17.1 Å². The van der Waals surface area contributed by atoms with Crippen molar-refractivity contribution in [2.24, 2.45) is 28.6 Å². The molecular formula is C22H32O. The van der Waals surface area contributed by atoms with E-state index in [1.807, 2.05) is 5.57 Å². The van der Waals surface area contributed by atoms with Gasteiger partial charge in [-0.25, -0.2) is 0 Å². The van der Waals surface area contributed by atoms with Gasteiger partial charge in [0.2, 0.25) is 0 Å². The number of carbonyl (C=O) groups is 1. The fraction of sp³-hybridized carbons (Fsp3) is 0.773. The molecule has 0 radical (unpaired) electrons. The summed E-state index contributed by atoms with van der Waals surface area (Å²) in [6, 6.07) is 0. The third-order valence-electron chi connectivity index (χ3n) is 8.49. The summed E-state index contributed by atoms with van der Waals surface area (Å²) in [6.07, 6.45) is 12.1. The molecule has 2 fully saturated rings. The van der Waals surface area contributed by atoms with Gasteiger partial charge in [-0.2, -0.15) is 0 Å². The lowest BCUT2D eigenvalue weighted by Gasteiger charge is -2.54. The largest absolute Gasteiger partial charge is 0.299 e. The summed E-state index contributed by atoms with van der Waals surface area (Å²) >= 11 is 0. The minimum Gasteiger partial charge on any atom is -0.299 e. The highest BCUT2D eigenvalue weighted by atomic mass is 16.1. The van der Waals surface area contributed by atoms with Crippen LogP contribution in [0.3, 0.4) is 0 Å². The maximum absolute atomic E-state index is 12.2. The molecule has 0 aromatic rings. The monoisotopic (exact) mass is 312 g/mol. The van der Waals surface area contributed by atoms with E-state index in [-0.39, 0.29) is 5.92 Å². The highest BCUT2D eigenvalue weighted by Gasteiger charge is 2.54. The van der Waals surface area contributed by atoms with Crippen molar-refractivity contribution in [1.29, 1.82) is 0 Å². The van der Waals surface area contributed by atoms with Crippen LogP contribution in [0.1, 0.15) is 79.1 Å². The average molecular weight is 312 g/mol. The van der Waals surface area contributed by atoms with E-state index >= 15 is 0 Å². The van der Waals surface area contributed by atoms with Gasteiger partial charge in [-0.15, -0.1) is 0 Å². The minimum absolute atomic E-state index is 0.283. The Morgan fingerprint density at radius 1 is 1.00 bits per heavy atom. The SMILES string of the molecule is CC=C1CC[C@H]2C3=C(CC[C@]12C)[C@@]1(C)CCC(=O)[C@@H](C)[C@@H]1CC3. The Morgan fingerprint density at radius 2 is 1.74 bits per heavy atom. The predicted octanol–water partition coefficient (Wildman–Crippen LogP) is 5.85. The van der Waals surface area contributed by atoms with E-state index in [0.717, 1.165) is 18.8 Å². The van der Waals surface area contributed by atoms with Gasteiger partial charge in [-0.05, 0) is 74.5 Å². The summed E-state index contributed by atoms with van der Waals surface area (Å²) in [5.41, 5.74) is 6.10. The summed E-state index contributed by atoms with van der Waals surface area (Å²) in [4.78, 5) is 12.2. The zero-order valence-corrected chi connectivity index (χ0v) is 15.4. The number of hydrogen-bond donors (Lipinski definition) is 0. The van der Waals surface area contributed by atoms with Gasteiger partial charge in [-0.3, -0.25) is 4.79 Å². The first-order valence-corrected chi connectivity index (χ1v) is 9.82. The molecule has 1 heteroatoms. The Bertz CT molecular complexity index is 609. The highest BCUT2D eigenvalue weighted by Crippen LogP contribution is 2.64. The molecule has 5 atom stereocenters. The zero-order chi connectivity index (χ0) is 16.4. The van der Waals surface area contributed by atoms with Gasteiger partial charge < -0.3 is 0 Å². The lowest BCUT2D eigenvalue weighted by molar-refractivity contribution is -0.130. The number of carbonyl (C=O) groups excluding carboxylic acids is 1. The summed E-state index contributed by atoms with van der Waals surface area (Å²) < 4.78 is 0. The lowest BCUT2D eigenvalue weighted by Crippen LogP contribution is -2.47. The number of hydrogen-bond acceptors (Lipinski definition) is 1. The molecule has 1 nitrogen and oxygen atoms in total. The quantitative estimate of drug-likeness (QED) is 0.512. The van der Waals surface area contributed by atoms with Crippen molar-refractivity contribution in [3.05, 3.63) is 22.8 Å². The summed E-state index contributed by atoms with van der Waals surface area (Å²) in [7, 11) is 0. The van der Waals surface area contributed by atoms with E-state index in [9.17, 15) is 4.79 Å². The van der Waals surface area contributed by atoms with Crippen molar-refractivity contribution in [3.8, 4) is 0 Å². The van der Waals surface area contributed by atoms with E-state index in [2.05, 4.69) is 33.8 Å². The molecule has 4 aliphatic rings. The van der Waals surface area contributed by atoms with Gasteiger partial charge in [-0.1, -0.05) is 43.6 Å². The van der Waals surface area contributed by atoms with Crippen LogP contribution in [0.4, 0.5) is 0 Å². The van der Waals surface area contributed by atoms with Gasteiger partial charge in [0.15, 0.2) is 0 Å². The summed E-state index contributed by atoms with van der Waals surface area (Å²) in [5.74, 6) is 2.21. The van der Waals surface area contributed by atoms with Crippen LogP contribution in [-0.2, 0) is 4.79 Å². The highest BCUT2D eigenvalue weighted by molar-refractivity contribution is 5.82. The molecule has 4 rings (SSSR count). The van der Waals surface area contributed by atoms with Crippen molar-refractivity contribution in [1.82, 2.24) is 0 Å². The van der Waals surface area contributed by atoms with Crippen LogP contribution in [-0.4, -0.2) is 5.78 Å². The second-order valence-corrected chi connectivity index (χ2v) is 9.14. The molecule has 0 N–H and O–H groups in total. The fourth-order valence-corrected chi connectivity index (χ4v) is 7.05. The number of allylic oxidation sites excluding steroid dienone is 4. The number of rotatable bonds is 0. The van der Waals surface area contributed by atoms with Gasteiger partial charge in [0.25, 0.3) is 0 Å². The molecule has 0 bridgehead atoms. The Labute approximate surface area is 141 Å². The second kappa shape index (κ2) is 5.07. The number of Topliss-reactive ketones (excluding diaryl/α,β-unsaturated/α-hetero) is 1. The van der Waals surface area contributed by atoms with E-state index in [1.54, 1.807) is 11.1 Å². The average Bonchev–Trinajstić information content (AvgIpc) is 2.88. The molecule has 0 spiro atoms. The van der Waals surface area contributed by atoms with Gasteiger partial charge in [0.05, 0.1) is 0 Å². The van der Waals surface area contributed by atoms with E-state index in [0.29, 0.717) is 22.5 Å². The molecule has 126 valence electrons. The van der Waals surface area contributed by atoms with Gasteiger partial charge in [0.1, 0.15) is 5.78 Å². The van der Waals surface area contributed by atoms with Gasteiger partial charge in [0, 0.05) is 12.3 Å². The number of fused-ring (bicyclic) bond motifs is 4. The molecule has 0 aromatic carbocycles. The normalized spacial score (nSPS) is 48.3. The standard InChI is InChI=1S/C22H32O/c1-5-15-6-8-18-16-7-9-17-14(2)20(23)11-13-22(17,4)19(16)10-12-21(15,18)3/h5,14,17-18H,6-13H2,1-4H3/t14-,17-,18-,21+,22-/m0/s1. The first-order valence-electron chi connectivity index (χ1n) is 9.82. The molecule has 23 heavy (non-hydrogen) atoms. The molecular weight excluding hydrogens is 280 g/mol. The molecule has 0 saturated heterocycles. The number of ketones is 1. The molecule has 0 aliphatic heterocycles. The third-order valence-corrected chi connectivity index (χ3v) is 8.49. The van der Waals surface area contributed by atoms with Crippen LogP contribution in [0.2, 0.25) is 0 Å². The smallest absolute Gasteiger partial charge is 0.136 e. The maximum Gasteiger partial charge on any atom is 0.136 e. The van der Waals surface area contributed by atoms with E-state index in [1.165, 1.54) is 38.5 Å². The second-order valence-electron chi connectivity index (χ2n) is 9.14. The zero-order valence-electron chi connectivity index (χ0n) is 15.4. The van der Waals surface area contributed by atoms with Crippen molar-refractivity contribution in [2.75, 3.05) is 0 Å². The van der Waals surface area contributed by atoms with Crippen molar-refractivity contribution in [2.45, 2.75) is 79.1 Å². The van der Waals surface area contributed by atoms with E-state index < -0.39 is 0 Å². The molecule has 0 aromatic heterocycles. The van der Waals surface area contributed by atoms with Crippen LogP contribution in [0, 0.1) is 28.6 Å². The predicted molar refractivity (Wildman–Crippen MR) is 95.1 cm³/mol. The molecule has 4 aliphatic carbocycles. The van der Waals surface area contributed by atoms with Crippen LogP contribution in [0.5, 0.6) is 0 Å². The summed E-state index contributed by atoms with van der Waals surface area (Å²) in [6.45, 7) is 9.48. The maximum atomic E-state index is 12.2. The van der Waals surface area contributed by atoms with Crippen molar-refractivity contribution >= 4 is 5.78 Å². The Morgan fingerprint density at radius 3 is 2.48 bits per heavy atom. The van der Waals surface area contributed by atoms with Crippen LogP contribution in [0.15, 0.2) is 22.8 Å². The van der Waals surface area contributed by atoms with Gasteiger partial charge >= 0.3 is 0 Å². The molecule has 2 saturated carbocycles. The lowest BCUT2D eigenvalue weighted by atomic mass is 9.50. The van der Waals surface area contributed by atoms with Crippen molar-refractivity contribution in [3.63, 3.8) is 0 Å². The molecule has 0 heterocycles. The fourth-order valence-electron chi connectivity index (χ4n) is 7.05. The molecule has 0 unspecified atom stereocenters. The Kier molecular flexibility index (Phi) is 3.45. The van der Waals surface area contributed by atoms with Crippen molar-refractivity contribution < 1.29 is 4.79 Å². The first kappa shape index (κ1) is 15.7. The van der Waals surface area contributed by atoms with Crippen LogP contribution in [0.25, 0.3) is 0 Å². The Balaban J connectivity index is 1.77. The third kappa shape index (κ3) is 1.94. The van der Waals surface area contributed by atoms with Crippen LogP contribution < -0.4 is 0 Å². The Hall–Kier alpha value is -0.850. The first-order chi connectivity index (χ1) is 10.9. The minimum atomic E-state index is 0.283. The van der Waals surface area contributed by atoms with Crippen LogP contribution >= 0.6 is 0 Å². The summed E-state index contributed by atoms with van der Waals surface area (Å²) in [5, 5.41) is 0. The molecule has 0 amide bonds. The van der Waals surface area contributed by atoms with E-state index in [4.69, 9.17) is 0 Å².